The number of hydrogen-bond acceptors (Lipinski definition) is 4. The van der Waals surface area contributed by atoms with E-state index in [0.717, 1.165) is 6.42 Å². The van der Waals surface area contributed by atoms with Gasteiger partial charge in [0.05, 0.1) is 12.5 Å². The minimum atomic E-state index is -0.248. The van der Waals surface area contributed by atoms with Crippen molar-refractivity contribution in [2.75, 3.05) is 27.2 Å². The van der Waals surface area contributed by atoms with Crippen LogP contribution in [0.4, 0.5) is 0 Å². The first-order valence-corrected chi connectivity index (χ1v) is 8.23. The van der Waals surface area contributed by atoms with E-state index in [0.29, 0.717) is 19.1 Å². The maximum Gasteiger partial charge on any atom is 0.312 e. The molecule has 2 bridgehead atoms. The Labute approximate surface area is 129 Å². The molecule has 0 amide bonds. The van der Waals surface area contributed by atoms with Crippen molar-refractivity contribution in [2.24, 2.45) is 28.4 Å². The summed E-state index contributed by atoms with van der Waals surface area (Å²) in [7, 11) is 4.20. The van der Waals surface area contributed by atoms with Crippen molar-refractivity contribution in [3.63, 3.8) is 0 Å². The van der Waals surface area contributed by atoms with Crippen LogP contribution in [0.25, 0.3) is 0 Å². The number of esters is 1. The number of nitrogens with zero attached hydrogens (tertiary/aromatic N) is 1. The maximum absolute atomic E-state index is 12.6. The van der Waals surface area contributed by atoms with Gasteiger partial charge in [0.1, 0.15) is 0 Å². The summed E-state index contributed by atoms with van der Waals surface area (Å²) in [5, 5.41) is 0. The van der Waals surface area contributed by atoms with Gasteiger partial charge >= 0.3 is 5.97 Å². The molecule has 0 aromatic rings. The van der Waals surface area contributed by atoms with E-state index in [1.165, 1.54) is 12.8 Å². The first kappa shape index (κ1) is 16.8. The van der Waals surface area contributed by atoms with Gasteiger partial charge in [-0.3, -0.25) is 4.79 Å². The molecule has 0 aliphatic heterocycles. The number of hydrogen-bond donors (Lipinski definition) is 1. The fraction of sp³-hybridized carbons (Fsp3) is 0.941. The highest BCUT2D eigenvalue weighted by Gasteiger charge is 2.72. The van der Waals surface area contributed by atoms with Crippen molar-refractivity contribution >= 4 is 5.97 Å². The summed E-state index contributed by atoms with van der Waals surface area (Å²) in [6.07, 6.45) is 3.47. The van der Waals surface area contributed by atoms with E-state index in [1.54, 1.807) is 0 Å². The van der Waals surface area contributed by atoms with Crippen molar-refractivity contribution in [1.82, 2.24) is 4.90 Å². The molecule has 2 fully saturated rings. The van der Waals surface area contributed by atoms with Crippen LogP contribution in [0.1, 0.15) is 47.0 Å². The van der Waals surface area contributed by atoms with Gasteiger partial charge in [-0.05, 0) is 57.0 Å². The summed E-state index contributed by atoms with van der Waals surface area (Å²) < 4.78 is 5.36. The molecule has 2 N–H and O–H groups in total. The van der Waals surface area contributed by atoms with Crippen LogP contribution in [-0.2, 0) is 9.53 Å². The molecule has 2 saturated carbocycles. The first-order valence-electron chi connectivity index (χ1n) is 8.23. The Bertz CT molecular complexity index is 421. The Morgan fingerprint density at radius 1 is 1.38 bits per heavy atom. The van der Waals surface area contributed by atoms with Gasteiger partial charge < -0.3 is 15.4 Å². The zero-order valence-corrected chi connectivity index (χ0v) is 14.5. The van der Waals surface area contributed by atoms with Crippen LogP contribution in [0.2, 0.25) is 0 Å². The molecule has 0 aromatic carbocycles. The highest BCUT2D eigenvalue weighted by molar-refractivity contribution is 5.75. The summed E-state index contributed by atoms with van der Waals surface area (Å²) in [5.74, 6) is 0.286. The normalized spacial score (nSPS) is 38.8. The van der Waals surface area contributed by atoms with E-state index < -0.39 is 0 Å². The summed E-state index contributed by atoms with van der Waals surface area (Å²) >= 11 is 0. The molecule has 4 atom stereocenters. The molecular weight excluding hydrogens is 264 g/mol. The van der Waals surface area contributed by atoms with Crippen LogP contribution in [0, 0.1) is 22.7 Å². The summed E-state index contributed by atoms with van der Waals surface area (Å²) in [5.41, 5.74) is 6.19. The lowest BCUT2D eigenvalue weighted by molar-refractivity contribution is -0.160. The molecule has 0 radical (unpaired) electrons. The lowest BCUT2D eigenvalue weighted by Crippen LogP contribution is -2.64. The van der Waals surface area contributed by atoms with E-state index in [1.807, 2.05) is 6.92 Å². The van der Waals surface area contributed by atoms with Crippen molar-refractivity contribution in [1.29, 1.82) is 0 Å². The van der Waals surface area contributed by atoms with Crippen molar-refractivity contribution < 1.29 is 9.53 Å². The Morgan fingerprint density at radius 2 is 2.00 bits per heavy atom. The Kier molecular flexibility index (Phi) is 4.18. The highest BCUT2D eigenvalue weighted by atomic mass is 16.5. The van der Waals surface area contributed by atoms with E-state index in [2.05, 4.69) is 39.8 Å². The summed E-state index contributed by atoms with van der Waals surface area (Å²) in [4.78, 5) is 14.8. The van der Waals surface area contributed by atoms with Crippen LogP contribution in [-0.4, -0.2) is 43.7 Å². The van der Waals surface area contributed by atoms with Crippen LogP contribution in [0.3, 0.4) is 0 Å². The minimum absolute atomic E-state index is 0.0883. The van der Waals surface area contributed by atoms with Crippen molar-refractivity contribution in [3.8, 4) is 0 Å². The molecular formula is C17H32N2O2. The molecule has 122 valence electrons. The lowest BCUT2D eigenvalue weighted by Gasteiger charge is -2.55. The molecule has 2 aliphatic rings. The van der Waals surface area contributed by atoms with Gasteiger partial charge in [-0.2, -0.15) is 0 Å². The average Bonchev–Trinajstić information content (AvgIpc) is 2.71. The Morgan fingerprint density at radius 3 is 2.33 bits per heavy atom. The molecule has 4 heteroatoms. The largest absolute Gasteiger partial charge is 0.466 e. The van der Waals surface area contributed by atoms with E-state index in [9.17, 15) is 4.79 Å². The molecule has 0 unspecified atom stereocenters. The van der Waals surface area contributed by atoms with Gasteiger partial charge in [-0.25, -0.2) is 0 Å². The van der Waals surface area contributed by atoms with Crippen LogP contribution in [0.5, 0.6) is 0 Å². The molecule has 0 aromatic heterocycles. The quantitative estimate of drug-likeness (QED) is 0.791. The lowest BCUT2D eigenvalue weighted by atomic mass is 9.58. The van der Waals surface area contributed by atoms with E-state index in [-0.39, 0.29) is 28.3 Å². The smallest absolute Gasteiger partial charge is 0.312 e. The first-order chi connectivity index (χ1) is 9.69. The SMILES string of the molecule is CCOC(=O)[C@H](CN)[C@@]1(N(C)C)C[C@H]2CC[C@@]1(C)C2(C)C. The Hall–Kier alpha value is -0.610. The second-order valence-corrected chi connectivity index (χ2v) is 7.85. The van der Waals surface area contributed by atoms with Gasteiger partial charge in [0.15, 0.2) is 0 Å². The molecule has 0 saturated heterocycles. The number of carbonyl (C=O) groups excluding carboxylic acids is 1. The molecule has 0 heterocycles. The Balaban J connectivity index is 2.51. The third-order valence-corrected chi connectivity index (χ3v) is 7.13. The van der Waals surface area contributed by atoms with Gasteiger partial charge in [0.25, 0.3) is 0 Å². The van der Waals surface area contributed by atoms with Crippen molar-refractivity contribution in [2.45, 2.75) is 52.5 Å². The number of nitrogens with two attached hydrogens (primary N) is 1. The molecule has 2 aliphatic carbocycles. The molecule has 21 heavy (non-hydrogen) atoms. The summed E-state index contributed by atoms with van der Waals surface area (Å²) in [6, 6.07) is 0. The molecule has 0 spiro atoms. The fourth-order valence-corrected chi connectivity index (χ4v) is 5.57. The number of fused-ring (bicyclic) bond motifs is 2. The van der Waals surface area contributed by atoms with Gasteiger partial charge in [0, 0.05) is 12.1 Å². The topological polar surface area (TPSA) is 55.6 Å². The van der Waals surface area contributed by atoms with E-state index in [4.69, 9.17) is 10.5 Å². The van der Waals surface area contributed by atoms with Crippen molar-refractivity contribution in [3.05, 3.63) is 0 Å². The highest BCUT2D eigenvalue weighted by Crippen LogP contribution is 2.72. The monoisotopic (exact) mass is 296 g/mol. The zero-order chi connectivity index (χ0) is 16.1. The molecule has 2 rings (SSSR count). The predicted octanol–water partition coefficient (Wildman–Crippen LogP) is 2.27. The second-order valence-electron chi connectivity index (χ2n) is 7.85. The van der Waals surface area contributed by atoms with Crippen LogP contribution < -0.4 is 5.73 Å². The second kappa shape index (κ2) is 5.24. The number of ether oxygens (including phenoxy) is 1. The van der Waals surface area contributed by atoms with E-state index >= 15 is 0 Å². The van der Waals surface area contributed by atoms with Crippen LogP contribution >= 0.6 is 0 Å². The minimum Gasteiger partial charge on any atom is -0.466 e. The third-order valence-electron chi connectivity index (χ3n) is 7.13. The summed E-state index contributed by atoms with van der Waals surface area (Å²) in [6.45, 7) is 9.74. The number of rotatable bonds is 5. The zero-order valence-electron chi connectivity index (χ0n) is 14.5. The van der Waals surface area contributed by atoms with Gasteiger partial charge in [0.2, 0.25) is 0 Å². The standard InChI is InChI=1S/C17H32N2O2/c1-7-21-14(20)13(11-18)17(19(5)6)10-12-8-9-16(17,4)15(12,2)3/h12-13H,7-11,18H2,1-6H3/t12-,13+,16+,17+/m1/s1. The predicted molar refractivity (Wildman–Crippen MR) is 84.8 cm³/mol. The van der Waals surface area contributed by atoms with Gasteiger partial charge in [-0.1, -0.05) is 20.8 Å². The van der Waals surface area contributed by atoms with Gasteiger partial charge in [-0.15, -0.1) is 0 Å². The third kappa shape index (κ3) is 1.91. The number of carbonyl (C=O) groups is 1. The fourth-order valence-electron chi connectivity index (χ4n) is 5.57. The maximum atomic E-state index is 12.6. The molecule has 4 nitrogen and oxygen atoms in total. The average molecular weight is 296 g/mol. The van der Waals surface area contributed by atoms with Crippen LogP contribution in [0.15, 0.2) is 0 Å².